The van der Waals surface area contributed by atoms with Crippen molar-refractivity contribution in [2.75, 3.05) is 18.5 Å². The van der Waals surface area contributed by atoms with Gasteiger partial charge in [-0.2, -0.15) is 0 Å². The van der Waals surface area contributed by atoms with Crippen molar-refractivity contribution in [3.05, 3.63) is 58.5 Å². The van der Waals surface area contributed by atoms with E-state index in [9.17, 15) is 9.59 Å². The number of anilines is 1. The van der Waals surface area contributed by atoms with E-state index in [1.54, 1.807) is 50.5 Å². The third kappa shape index (κ3) is 5.21. The van der Waals surface area contributed by atoms with Crippen molar-refractivity contribution in [3.63, 3.8) is 0 Å². The van der Waals surface area contributed by atoms with Crippen LogP contribution >= 0.6 is 23.2 Å². The lowest BCUT2D eigenvalue weighted by molar-refractivity contribution is -0.146. The number of esters is 2. The van der Waals surface area contributed by atoms with Crippen LogP contribution in [0.2, 0.25) is 10.0 Å². The van der Waals surface area contributed by atoms with Crippen molar-refractivity contribution in [1.29, 1.82) is 0 Å². The molecule has 1 aromatic carbocycles. The second-order valence-electron chi connectivity index (χ2n) is 5.17. The molecular formula is C19H18Cl2N2O4. The van der Waals surface area contributed by atoms with Crippen LogP contribution in [0, 0.1) is 0 Å². The lowest BCUT2D eigenvalue weighted by Crippen LogP contribution is -2.19. The summed E-state index contributed by atoms with van der Waals surface area (Å²) in [4.78, 5) is 28.2. The van der Waals surface area contributed by atoms with Gasteiger partial charge in [-0.3, -0.25) is 4.98 Å². The first kappa shape index (κ1) is 20.7. The fourth-order valence-corrected chi connectivity index (χ4v) is 2.62. The molecular weight excluding hydrogens is 391 g/mol. The van der Waals surface area contributed by atoms with Crippen molar-refractivity contribution < 1.29 is 19.1 Å². The average Bonchev–Trinajstić information content (AvgIpc) is 2.65. The monoisotopic (exact) mass is 408 g/mol. The first-order valence-corrected chi connectivity index (χ1v) is 8.94. The van der Waals surface area contributed by atoms with Gasteiger partial charge >= 0.3 is 11.9 Å². The van der Waals surface area contributed by atoms with Crippen molar-refractivity contribution >= 4 is 40.8 Å². The van der Waals surface area contributed by atoms with Crippen molar-refractivity contribution in [1.82, 2.24) is 4.98 Å². The molecule has 2 aromatic rings. The average molecular weight is 409 g/mol. The quantitative estimate of drug-likeness (QED) is 0.315. The number of carbonyl (C=O) groups excluding carboxylic acids is 2. The number of hydrogen-bond donors (Lipinski definition) is 1. The van der Waals surface area contributed by atoms with E-state index in [4.69, 9.17) is 32.7 Å². The molecule has 2 rings (SSSR count). The third-order valence-corrected chi connectivity index (χ3v) is 4.24. The molecule has 6 nitrogen and oxygen atoms in total. The summed E-state index contributed by atoms with van der Waals surface area (Å²) in [6, 6.07) is 6.91. The highest BCUT2D eigenvalue weighted by Gasteiger charge is 2.21. The fourth-order valence-electron chi connectivity index (χ4n) is 2.22. The number of nitrogens with zero attached hydrogens (tertiary/aromatic N) is 1. The standard InChI is InChI=1S/C19H18Cl2N2O4/c1-3-26-18(24)14(19(25)27-4-2)11-23-16-8-9-22-10-13(16)12-6-5-7-15(20)17(12)21/h5-11H,3-4H2,1-2H3,(H,22,23). The molecule has 0 radical (unpaired) electrons. The first-order chi connectivity index (χ1) is 13.0. The van der Waals surface area contributed by atoms with Gasteiger partial charge in [-0.25, -0.2) is 9.59 Å². The fraction of sp³-hybridized carbons (Fsp3) is 0.211. The minimum atomic E-state index is -0.778. The molecule has 0 aliphatic carbocycles. The van der Waals surface area contributed by atoms with Crippen molar-refractivity contribution in [2.24, 2.45) is 0 Å². The first-order valence-electron chi connectivity index (χ1n) is 8.18. The zero-order valence-corrected chi connectivity index (χ0v) is 16.3. The van der Waals surface area contributed by atoms with Gasteiger partial charge in [-0.15, -0.1) is 0 Å². The van der Waals surface area contributed by atoms with E-state index in [0.29, 0.717) is 26.9 Å². The number of hydrogen-bond acceptors (Lipinski definition) is 6. The molecule has 0 saturated carbocycles. The Hall–Kier alpha value is -2.57. The summed E-state index contributed by atoms with van der Waals surface area (Å²) in [6.45, 7) is 3.56. The third-order valence-electron chi connectivity index (χ3n) is 3.43. The second kappa shape index (κ2) is 9.94. The summed E-state index contributed by atoms with van der Waals surface area (Å²) in [7, 11) is 0. The Balaban J connectivity index is 2.41. The van der Waals surface area contributed by atoms with Crippen LogP contribution in [-0.4, -0.2) is 30.1 Å². The number of carbonyl (C=O) groups is 2. The van der Waals surface area contributed by atoms with E-state index in [-0.39, 0.29) is 18.8 Å². The van der Waals surface area contributed by atoms with Crippen LogP contribution in [0.4, 0.5) is 5.69 Å². The largest absolute Gasteiger partial charge is 0.462 e. The van der Waals surface area contributed by atoms with Gasteiger partial charge in [0.2, 0.25) is 0 Å². The Kier molecular flexibility index (Phi) is 7.64. The minimum absolute atomic E-state index is 0.133. The number of benzene rings is 1. The summed E-state index contributed by atoms with van der Waals surface area (Å²) < 4.78 is 9.82. The topological polar surface area (TPSA) is 77.5 Å². The molecule has 1 heterocycles. The molecule has 142 valence electrons. The van der Waals surface area contributed by atoms with E-state index < -0.39 is 11.9 Å². The molecule has 1 aromatic heterocycles. The lowest BCUT2D eigenvalue weighted by atomic mass is 10.1. The number of halogens is 2. The molecule has 0 atom stereocenters. The van der Waals surface area contributed by atoms with Gasteiger partial charge in [-0.05, 0) is 26.0 Å². The molecule has 0 spiro atoms. The van der Waals surface area contributed by atoms with Gasteiger partial charge in [0.25, 0.3) is 0 Å². The van der Waals surface area contributed by atoms with Crippen molar-refractivity contribution in [3.8, 4) is 11.1 Å². The Labute approximate surface area is 167 Å². The highest BCUT2D eigenvalue weighted by molar-refractivity contribution is 6.43. The molecule has 8 heteroatoms. The molecule has 27 heavy (non-hydrogen) atoms. The molecule has 0 saturated heterocycles. The van der Waals surface area contributed by atoms with E-state index in [2.05, 4.69) is 10.3 Å². The van der Waals surface area contributed by atoms with E-state index in [0.717, 1.165) is 0 Å². The predicted octanol–water partition coefficient (Wildman–Crippen LogP) is 4.48. The maximum absolute atomic E-state index is 12.1. The van der Waals surface area contributed by atoms with Crippen LogP contribution in [0.3, 0.4) is 0 Å². The predicted molar refractivity (Wildman–Crippen MR) is 105 cm³/mol. The lowest BCUT2D eigenvalue weighted by Gasteiger charge is -2.12. The molecule has 0 amide bonds. The van der Waals surface area contributed by atoms with E-state index in [1.165, 1.54) is 6.20 Å². The zero-order chi connectivity index (χ0) is 19.8. The van der Waals surface area contributed by atoms with Gasteiger partial charge in [0.05, 0.1) is 23.3 Å². The highest BCUT2D eigenvalue weighted by Crippen LogP contribution is 2.36. The molecule has 0 fully saturated rings. The summed E-state index contributed by atoms with van der Waals surface area (Å²) >= 11 is 12.4. The molecule has 0 bridgehead atoms. The molecule has 0 unspecified atom stereocenters. The summed E-state index contributed by atoms with van der Waals surface area (Å²) in [6.07, 6.45) is 4.40. The second-order valence-corrected chi connectivity index (χ2v) is 5.95. The Morgan fingerprint density at radius 1 is 1.07 bits per heavy atom. The summed E-state index contributed by atoms with van der Waals surface area (Å²) in [5.74, 6) is -1.56. The van der Waals surface area contributed by atoms with E-state index >= 15 is 0 Å². The van der Waals surface area contributed by atoms with Gasteiger partial charge in [-0.1, -0.05) is 35.3 Å². The maximum atomic E-state index is 12.1. The minimum Gasteiger partial charge on any atom is -0.462 e. The van der Waals surface area contributed by atoms with E-state index in [1.807, 2.05) is 0 Å². The van der Waals surface area contributed by atoms with Gasteiger partial charge in [0.15, 0.2) is 5.57 Å². The van der Waals surface area contributed by atoms with Gasteiger partial charge in [0, 0.05) is 35.4 Å². The summed E-state index contributed by atoms with van der Waals surface area (Å²) in [5.41, 5.74) is 1.62. The van der Waals surface area contributed by atoms with Crippen molar-refractivity contribution in [2.45, 2.75) is 13.8 Å². The van der Waals surface area contributed by atoms with Crippen LogP contribution in [0.5, 0.6) is 0 Å². The number of pyridine rings is 1. The smallest absolute Gasteiger partial charge is 0.347 e. The maximum Gasteiger partial charge on any atom is 0.347 e. The van der Waals surface area contributed by atoms with Crippen LogP contribution in [0.1, 0.15) is 13.8 Å². The van der Waals surface area contributed by atoms with Crippen LogP contribution in [0.25, 0.3) is 11.1 Å². The zero-order valence-electron chi connectivity index (χ0n) is 14.8. The molecule has 0 aliphatic rings. The van der Waals surface area contributed by atoms with Crippen LogP contribution in [0.15, 0.2) is 48.4 Å². The summed E-state index contributed by atoms with van der Waals surface area (Å²) in [5, 5.41) is 3.70. The number of aromatic nitrogens is 1. The Morgan fingerprint density at radius 3 is 2.37 bits per heavy atom. The number of rotatable bonds is 7. The number of nitrogens with one attached hydrogen (secondary N) is 1. The normalized spacial score (nSPS) is 10.1. The highest BCUT2D eigenvalue weighted by atomic mass is 35.5. The Morgan fingerprint density at radius 2 is 1.74 bits per heavy atom. The molecule has 0 aliphatic heterocycles. The van der Waals surface area contributed by atoms with Gasteiger partial charge in [0.1, 0.15) is 0 Å². The van der Waals surface area contributed by atoms with Crippen LogP contribution < -0.4 is 5.32 Å². The SMILES string of the molecule is CCOC(=O)C(=CNc1ccncc1-c1cccc(Cl)c1Cl)C(=O)OCC. The van der Waals surface area contributed by atoms with Gasteiger partial charge < -0.3 is 14.8 Å². The number of ether oxygens (including phenoxy) is 2. The van der Waals surface area contributed by atoms with Crippen LogP contribution in [-0.2, 0) is 19.1 Å². The Bertz CT molecular complexity index is 849. The molecule has 1 N–H and O–H groups in total.